The Hall–Kier alpha value is -1.31. The Kier molecular flexibility index (Phi) is 2.53. The molecule has 0 aliphatic heterocycles. The standard InChI is InChI=1S/C12H14O2/c1-14-12(13)11-8-4-6-9-5-2-3-7-10(9)11/h2-3,5,7,11H,4,6,8H2,1H3/t11-/m1/s1. The molecule has 14 heavy (non-hydrogen) atoms. The van der Waals surface area contributed by atoms with Crippen LogP contribution in [0.2, 0.25) is 0 Å². The number of fused-ring (bicyclic) bond motifs is 1. The molecule has 2 rings (SSSR count). The number of ether oxygens (including phenoxy) is 1. The topological polar surface area (TPSA) is 26.3 Å². The highest BCUT2D eigenvalue weighted by atomic mass is 16.5. The average molecular weight is 190 g/mol. The average Bonchev–Trinajstić information content (AvgIpc) is 2.27. The van der Waals surface area contributed by atoms with Gasteiger partial charge in [0.05, 0.1) is 13.0 Å². The van der Waals surface area contributed by atoms with Gasteiger partial charge in [0.15, 0.2) is 0 Å². The quantitative estimate of drug-likeness (QED) is 0.635. The van der Waals surface area contributed by atoms with Crippen LogP contribution in [0.5, 0.6) is 0 Å². The van der Waals surface area contributed by atoms with Crippen LogP contribution in [0.3, 0.4) is 0 Å². The van der Waals surface area contributed by atoms with Crippen LogP contribution < -0.4 is 0 Å². The summed E-state index contributed by atoms with van der Waals surface area (Å²) < 4.78 is 4.81. The summed E-state index contributed by atoms with van der Waals surface area (Å²) in [6.45, 7) is 0. The van der Waals surface area contributed by atoms with E-state index in [9.17, 15) is 4.79 Å². The van der Waals surface area contributed by atoms with Crippen molar-refractivity contribution < 1.29 is 9.53 Å². The zero-order chi connectivity index (χ0) is 9.97. The van der Waals surface area contributed by atoms with Gasteiger partial charge in [0, 0.05) is 0 Å². The van der Waals surface area contributed by atoms with Crippen LogP contribution in [0.4, 0.5) is 0 Å². The second-order valence-electron chi connectivity index (χ2n) is 3.67. The molecule has 74 valence electrons. The third-order valence-electron chi connectivity index (χ3n) is 2.86. The molecule has 0 amide bonds. The first kappa shape index (κ1) is 9.25. The summed E-state index contributed by atoms with van der Waals surface area (Å²) >= 11 is 0. The van der Waals surface area contributed by atoms with E-state index in [-0.39, 0.29) is 11.9 Å². The predicted molar refractivity (Wildman–Crippen MR) is 54.1 cm³/mol. The third kappa shape index (κ3) is 1.52. The monoisotopic (exact) mass is 190 g/mol. The number of hydrogen-bond donors (Lipinski definition) is 0. The van der Waals surface area contributed by atoms with Crippen LogP contribution in [0.15, 0.2) is 24.3 Å². The van der Waals surface area contributed by atoms with Crippen molar-refractivity contribution in [2.24, 2.45) is 0 Å². The summed E-state index contributed by atoms with van der Waals surface area (Å²) in [5, 5.41) is 0. The van der Waals surface area contributed by atoms with Crippen LogP contribution in [0.25, 0.3) is 0 Å². The lowest BCUT2D eigenvalue weighted by Gasteiger charge is -2.23. The molecule has 2 heteroatoms. The van der Waals surface area contributed by atoms with Gasteiger partial charge in [-0.3, -0.25) is 4.79 Å². The van der Waals surface area contributed by atoms with E-state index in [0.717, 1.165) is 24.8 Å². The van der Waals surface area contributed by atoms with E-state index >= 15 is 0 Å². The molecule has 0 saturated carbocycles. The fraction of sp³-hybridized carbons (Fsp3) is 0.417. The van der Waals surface area contributed by atoms with Crippen molar-refractivity contribution >= 4 is 5.97 Å². The molecule has 0 unspecified atom stereocenters. The highest BCUT2D eigenvalue weighted by molar-refractivity contribution is 5.78. The van der Waals surface area contributed by atoms with Crippen LogP contribution in [-0.2, 0) is 16.0 Å². The van der Waals surface area contributed by atoms with E-state index < -0.39 is 0 Å². The lowest BCUT2D eigenvalue weighted by molar-refractivity contribution is -0.142. The van der Waals surface area contributed by atoms with Gasteiger partial charge in [-0.15, -0.1) is 0 Å². The van der Waals surface area contributed by atoms with Crippen molar-refractivity contribution in [3.8, 4) is 0 Å². The minimum absolute atomic E-state index is 0.0371. The molecule has 0 bridgehead atoms. The molecule has 0 aromatic heterocycles. The number of aryl methyl sites for hydroxylation is 1. The van der Waals surface area contributed by atoms with E-state index in [1.807, 2.05) is 18.2 Å². The van der Waals surface area contributed by atoms with Crippen LogP contribution in [0.1, 0.15) is 29.9 Å². The van der Waals surface area contributed by atoms with Crippen molar-refractivity contribution in [3.05, 3.63) is 35.4 Å². The second kappa shape index (κ2) is 3.82. The fourth-order valence-electron chi connectivity index (χ4n) is 2.14. The minimum Gasteiger partial charge on any atom is -0.469 e. The number of carbonyl (C=O) groups is 1. The van der Waals surface area contributed by atoms with Crippen molar-refractivity contribution in [2.45, 2.75) is 25.2 Å². The van der Waals surface area contributed by atoms with E-state index in [4.69, 9.17) is 4.74 Å². The summed E-state index contributed by atoms with van der Waals surface area (Å²) in [4.78, 5) is 11.5. The molecule has 0 heterocycles. The molecule has 1 aliphatic rings. The number of methoxy groups -OCH3 is 1. The van der Waals surface area contributed by atoms with Crippen LogP contribution in [-0.4, -0.2) is 13.1 Å². The lowest BCUT2D eigenvalue weighted by Crippen LogP contribution is -2.19. The Labute approximate surface area is 83.9 Å². The van der Waals surface area contributed by atoms with Gasteiger partial charge in [-0.1, -0.05) is 24.3 Å². The Bertz CT molecular complexity index is 344. The number of carbonyl (C=O) groups excluding carboxylic acids is 1. The van der Waals surface area contributed by atoms with Crippen LogP contribution >= 0.6 is 0 Å². The molecule has 1 atom stereocenters. The van der Waals surface area contributed by atoms with E-state index in [2.05, 4.69) is 6.07 Å². The molecule has 0 saturated heterocycles. The number of esters is 1. The largest absolute Gasteiger partial charge is 0.469 e. The van der Waals surface area contributed by atoms with Gasteiger partial charge in [-0.05, 0) is 30.4 Å². The van der Waals surface area contributed by atoms with Gasteiger partial charge in [-0.2, -0.15) is 0 Å². The van der Waals surface area contributed by atoms with Gasteiger partial charge in [-0.25, -0.2) is 0 Å². The molecular formula is C12H14O2. The molecule has 2 nitrogen and oxygen atoms in total. The number of hydrogen-bond acceptors (Lipinski definition) is 2. The first-order valence-corrected chi connectivity index (χ1v) is 4.98. The Morgan fingerprint density at radius 1 is 1.43 bits per heavy atom. The van der Waals surface area contributed by atoms with Gasteiger partial charge >= 0.3 is 5.97 Å². The molecule has 1 aliphatic carbocycles. The van der Waals surface area contributed by atoms with Crippen molar-refractivity contribution in [2.75, 3.05) is 7.11 Å². The maximum Gasteiger partial charge on any atom is 0.313 e. The lowest BCUT2D eigenvalue weighted by atomic mass is 9.83. The van der Waals surface area contributed by atoms with Crippen molar-refractivity contribution in [1.29, 1.82) is 0 Å². The number of rotatable bonds is 1. The summed E-state index contributed by atoms with van der Waals surface area (Å²) in [5.41, 5.74) is 2.46. The smallest absolute Gasteiger partial charge is 0.313 e. The Morgan fingerprint density at radius 2 is 2.21 bits per heavy atom. The summed E-state index contributed by atoms with van der Waals surface area (Å²) in [6.07, 6.45) is 3.09. The molecule has 1 aromatic carbocycles. The molecule has 0 radical (unpaired) electrons. The maximum absolute atomic E-state index is 11.5. The minimum atomic E-state index is -0.0999. The predicted octanol–water partition coefficient (Wildman–Crippen LogP) is 2.28. The van der Waals surface area contributed by atoms with Gasteiger partial charge in [0.1, 0.15) is 0 Å². The zero-order valence-corrected chi connectivity index (χ0v) is 8.32. The van der Waals surface area contributed by atoms with Gasteiger partial charge < -0.3 is 4.74 Å². The molecule has 0 N–H and O–H groups in total. The van der Waals surface area contributed by atoms with Gasteiger partial charge in [0.25, 0.3) is 0 Å². The molecular weight excluding hydrogens is 176 g/mol. The zero-order valence-electron chi connectivity index (χ0n) is 8.32. The highest BCUT2D eigenvalue weighted by Crippen LogP contribution is 2.31. The second-order valence-corrected chi connectivity index (χ2v) is 3.67. The highest BCUT2D eigenvalue weighted by Gasteiger charge is 2.26. The Morgan fingerprint density at radius 3 is 3.00 bits per heavy atom. The van der Waals surface area contributed by atoms with E-state index in [1.165, 1.54) is 12.7 Å². The van der Waals surface area contributed by atoms with Crippen molar-refractivity contribution in [3.63, 3.8) is 0 Å². The van der Waals surface area contributed by atoms with Crippen LogP contribution in [0, 0.1) is 0 Å². The SMILES string of the molecule is COC(=O)[C@@H]1CCCc2ccccc21. The molecule has 1 aromatic rings. The molecule has 0 fully saturated rings. The summed E-state index contributed by atoms with van der Waals surface area (Å²) in [6, 6.07) is 8.15. The summed E-state index contributed by atoms with van der Waals surface area (Å²) in [7, 11) is 1.46. The summed E-state index contributed by atoms with van der Waals surface area (Å²) in [5.74, 6) is -0.137. The van der Waals surface area contributed by atoms with E-state index in [1.54, 1.807) is 0 Å². The third-order valence-corrected chi connectivity index (χ3v) is 2.86. The molecule has 0 spiro atoms. The Balaban J connectivity index is 2.35. The maximum atomic E-state index is 11.5. The van der Waals surface area contributed by atoms with Crippen molar-refractivity contribution in [1.82, 2.24) is 0 Å². The number of benzene rings is 1. The first-order valence-electron chi connectivity index (χ1n) is 4.98. The van der Waals surface area contributed by atoms with E-state index in [0.29, 0.717) is 0 Å². The van der Waals surface area contributed by atoms with Gasteiger partial charge in [0.2, 0.25) is 0 Å². The first-order chi connectivity index (χ1) is 6.83. The normalized spacial score (nSPS) is 19.9. The fourth-order valence-corrected chi connectivity index (χ4v) is 2.14.